The third kappa shape index (κ3) is 4.41. The molecule has 1 aromatic carbocycles. The van der Waals surface area contributed by atoms with Crippen LogP contribution in [0.15, 0.2) is 48.5 Å². The zero-order valence-electron chi connectivity index (χ0n) is 14.2. The first-order valence-electron chi connectivity index (χ1n) is 8.02. The summed E-state index contributed by atoms with van der Waals surface area (Å²) in [7, 11) is 0. The normalized spacial score (nSPS) is 10.5. The van der Waals surface area contributed by atoms with Gasteiger partial charge in [0.1, 0.15) is 11.4 Å². The Morgan fingerprint density at radius 3 is 2.33 bits per heavy atom. The van der Waals surface area contributed by atoms with Gasteiger partial charge >= 0.3 is 5.97 Å². The van der Waals surface area contributed by atoms with E-state index in [9.17, 15) is 9.59 Å². The van der Waals surface area contributed by atoms with Gasteiger partial charge in [0, 0.05) is 12.6 Å². The molecule has 0 aliphatic heterocycles. The van der Waals surface area contributed by atoms with Crippen LogP contribution >= 0.6 is 0 Å². The lowest BCUT2D eigenvalue weighted by molar-refractivity contribution is 0.0519. The van der Waals surface area contributed by atoms with Gasteiger partial charge in [-0.3, -0.25) is 4.79 Å². The Balaban J connectivity index is 2.23. The second-order valence-corrected chi connectivity index (χ2v) is 5.64. The van der Waals surface area contributed by atoms with Gasteiger partial charge in [-0.2, -0.15) is 0 Å². The highest BCUT2D eigenvalue weighted by molar-refractivity contribution is 5.94. The fraction of sp³-hybridized carbons (Fsp3) is 0.316. The van der Waals surface area contributed by atoms with Crippen LogP contribution in [-0.4, -0.2) is 34.4 Å². The number of carbonyl (C=O) groups excluding carboxylic acids is 2. The van der Waals surface area contributed by atoms with Gasteiger partial charge in [0.2, 0.25) is 0 Å². The first-order valence-corrected chi connectivity index (χ1v) is 8.02. The van der Waals surface area contributed by atoms with Crippen LogP contribution in [0.3, 0.4) is 0 Å². The summed E-state index contributed by atoms with van der Waals surface area (Å²) in [5.41, 5.74) is 1.43. The third-order valence-corrected chi connectivity index (χ3v) is 3.53. The van der Waals surface area contributed by atoms with Gasteiger partial charge in [-0.1, -0.05) is 36.4 Å². The largest absolute Gasteiger partial charge is 0.461 e. The number of benzene rings is 1. The zero-order chi connectivity index (χ0) is 17.5. The van der Waals surface area contributed by atoms with Crippen LogP contribution in [-0.2, 0) is 11.3 Å². The van der Waals surface area contributed by atoms with Crippen molar-refractivity contribution in [3.63, 3.8) is 0 Å². The Kier molecular flexibility index (Phi) is 6.07. The van der Waals surface area contributed by atoms with E-state index in [1.807, 2.05) is 44.2 Å². The van der Waals surface area contributed by atoms with Crippen LogP contribution in [0.4, 0.5) is 0 Å². The molecule has 2 rings (SSSR count). The smallest absolute Gasteiger partial charge is 0.356 e. The first-order chi connectivity index (χ1) is 11.5. The van der Waals surface area contributed by atoms with E-state index in [1.165, 1.54) is 0 Å². The summed E-state index contributed by atoms with van der Waals surface area (Å²) in [6.45, 7) is 6.40. The van der Waals surface area contributed by atoms with Crippen LogP contribution in [0, 0.1) is 0 Å². The second-order valence-electron chi connectivity index (χ2n) is 5.64. The van der Waals surface area contributed by atoms with E-state index in [4.69, 9.17) is 4.74 Å². The number of hydrogen-bond donors (Lipinski definition) is 0. The Morgan fingerprint density at radius 1 is 1.04 bits per heavy atom. The molecule has 0 radical (unpaired) electrons. The lowest BCUT2D eigenvalue weighted by Crippen LogP contribution is -2.37. The topological polar surface area (TPSA) is 59.5 Å². The van der Waals surface area contributed by atoms with E-state index < -0.39 is 5.97 Å². The van der Waals surface area contributed by atoms with Crippen molar-refractivity contribution in [1.82, 2.24) is 9.88 Å². The van der Waals surface area contributed by atoms with Crippen molar-refractivity contribution in [1.29, 1.82) is 0 Å². The fourth-order valence-electron chi connectivity index (χ4n) is 2.29. The molecule has 5 heteroatoms. The molecule has 1 aromatic heterocycles. The summed E-state index contributed by atoms with van der Waals surface area (Å²) in [4.78, 5) is 30.5. The minimum atomic E-state index is -0.522. The van der Waals surface area contributed by atoms with E-state index in [1.54, 1.807) is 30.0 Å². The van der Waals surface area contributed by atoms with E-state index >= 15 is 0 Å². The maximum atomic E-state index is 12.8. The van der Waals surface area contributed by atoms with Crippen molar-refractivity contribution in [3.8, 4) is 0 Å². The molecule has 1 amide bonds. The molecule has 126 valence electrons. The predicted octanol–water partition coefficient (Wildman–Crippen LogP) is 3.31. The molecule has 0 unspecified atom stereocenters. The van der Waals surface area contributed by atoms with Crippen molar-refractivity contribution < 1.29 is 14.3 Å². The maximum Gasteiger partial charge on any atom is 0.356 e. The summed E-state index contributed by atoms with van der Waals surface area (Å²) in [5.74, 6) is -0.730. The maximum absolute atomic E-state index is 12.8. The molecule has 0 fully saturated rings. The van der Waals surface area contributed by atoms with E-state index in [0.29, 0.717) is 6.54 Å². The molecule has 0 N–H and O–H groups in total. The number of amides is 1. The van der Waals surface area contributed by atoms with Crippen molar-refractivity contribution >= 4 is 11.9 Å². The highest BCUT2D eigenvalue weighted by Crippen LogP contribution is 2.13. The standard InChI is InChI=1S/C19H22N2O3/c1-4-24-19(23)17-12-8-11-16(20-17)18(22)21(14(2)3)13-15-9-6-5-7-10-15/h5-12,14H,4,13H2,1-3H3. The lowest BCUT2D eigenvalue weighted by Gasteiger charge is -2.26. The van der Waals surface area contributed by atoms with E-state index in [0.717, 1.165) is 5.56 Å². The van der Waals surface area contributed by atoms with Gasteiger partial charge in [-0.15, -0.1) is 0 Å². The Morgan fingerprint density at radius 2 is 1.71 bits per heavy atom. The van der Waals surface area contributed by atoms with E-state index in [2.05, 4.69) is 4.98 Å². The molecule has 0 saturated heterocycles. The average molecular weight is 326 g/mol. The van der Waals surface area contributed by atoms with Gasteiger partial charge < -0.3 is 9.64 Å². The predicted molar refractivity (Wildman–Crippen MR) is 91.6 cm³/mol. The number of ether oxygens (including phenoxy) is 1. The quantitative estimate of drug-likeness (QED) is 0.764. The van der Waals surface area contributed by atoms with Crippen LogP contribution in [0.25, 0.3) is 0 Å². The number of esters is 1. The summed E-state index contributed by atoms with van der Waals surface area (Å²) < 4.78 is 4.94. The first kappa shape index (κ1) is 17.7. The molecule has 0 bridgehead atoms. The SMILES string of the molecule is CCOC(=O)c1cccc(C(=O)N(Cc2ccccc2)C(C)C)n1. The fourth-order valence-corrected chi connectivity index (χ4v) is 2.29. The number of nitrogens with zero attached hydrogens (tertiary/aromatic N) is 2. The number of pyridine rings is 1. The highest BCUT2D eigenvalue weighted by atomic mass is 16.5. The van der Waals surface area contributed by atoms with Crippen molar-refractivity contribution in [3.05, 3.63) is 65.5 Å². The number of hydrogen-bond acceptors (Lipinski definition) is 4. The minimum absolute atomic E-state index is 0.00533. The van der Waals surface area contributed by atoms with Gasteiger partial charge in [-0.25, -0.2) is 9.78 Å². The molecule has 0 atom stereocenters. The number of rotatable bonds is 6. The van der Waals surface area contributed by atoms with Gasteiger partial charge in [0.25, 0.3) is 5.91 Å². The zero-order valence-corrected chi connectivity index (χ0v) is 14.2. The molecule has 5 nitrogen and oxygen atoms in total. The molecule has 1 heterocycles. The Labute approximate surface area is 142 Å². The minimum Gasteiger partial charge on any atom is -0.461 e. The summed E-state index contributed by atoms with van der Waals surface area (Å²) in [6, 6.07) is 14.6. The van der Waals surface area contributed by atoms with Crippen LogP contribution in [0.2, 0.25) is 0 Å². The summed E-state index contributed by atoms with van der Waals surface area (Å²) in [5, 5.41) is 0. The molecule has 24 heavy (non-hydrogen) atoms. The van der Waals surface area contributed by atoms with Crippen LogP contribution < -0.4 is 0 Å². The average Bonchev–Trinajstić information content (AvgIpc) is 2.60. The molecule has 0 spiro atoms. The van der Waals surface area contributed by atoms with Gasteiger partial charge in [-0.05, 0) is 38.5 Å². The van der Waals surface area contributed by atoms with Crippen molar-refractivity contribution in [2.75, 3.05) is 6.61 Å². The van der Waals surface area contributed by atoms with Crippen molar-refractivity contribution in [2.24, 2.45) is 0 Å². The lowest BCUT2D eigenvalue weighted by atomic mass is 10.1. The highest BCUT2D eigenvalue weighted by Gasteiger charge is 2.21. The third-order valence-electron chi connectivity index (χ3n) is 3.53. The number of aromatic nitrogens is 1. The molecule has 2 aromatic rings. The van der Waals surface area contributed by atoms with Gasteiger partial charge in [0.15, 0.2) is 0 Å². The Hall–Kier alpha value is -2.69. The monoisotopic (exact) mass is 326 g/mol. The van der Waals surface area contributed by atoms with Crippen molar-refractivity contribution in [2.45, 2.75) is 33.4 Å². The number of carbonyl (C=O) groups is 2. The molecule has 0 aliphatic carbocycles. The van der Waals surface area contributed by atoms with Gasteiger partial charge in [0.05, 0.1) is 6.61 Å². The van der Waals surface area contributed by atoms with E-state index in [-0.39, 0.29) is 29.9 Å². The van der Waals surface area contributed by atoms with Crippen LogP contribution in [0.5, 0.6) is 0 Å². The molecule has 0 saturated carbocycles. The molecular formula is C19H22N2O3. The molecular weight excluding hydrogens is 304 g/mol. The molecule has 0 aliphatic rings. The van der Waals surface area contributed by atoms with Crippen LogP contribution in [0.1, 0.15) is 47.3 Å². The summed E-state index contributed by atoms with van der Waals surface area (Å²) >= 11 is 0. The second kappa shape index (κ2) is 8.24. The summed E-state index contributed by atoms with van der Waals surface area (Å²) in [6.07, 6.45) is 0. The Bertz CT molecular complexity index is 699.